The lowest BCUT2D eigenvalue weighted by Crippen LogP contribution is -2.28. The second-order valence-corrected chi connectivity index (χ2v) is 10.0. The van der Waals surface area contributed by atoms with E-state index in [1.54, 1.807) is 30.4 Å². The normalized spacial score (nSPS) is 16.5. The molecule has 1 atom stereocenters. The number of hydrogen-bond donors (Lipinski definition) is 0. The van der Waals surface area contributed by atoms with Crippen molar-refractivity contribution in [3.63, 3.8) is 0 Å². The highest BCUT2D eigenvalue weighted by atomic mass is 32.1. The first-order valence-electron chi connectivity index (χ1n) is 10.4. The van der Waals surface area contributed by atoms with Gasteiger partial charge in [0.15, 0.2) is 4.83 Å². The van der Waals surface area contributed by atoms with Crippen LogP contribution in [0.1, 0.15) is 60.5 Å². The number of esters is 1. The van der Waals surface area contributed by atoms with Gasteiger partial charge >= 0.3 is 5.97 Å². The highest BCUT2D eigenvalue weighted by Gasteiger charge is 2.31. The molecular weight excluding hydrogens is 398 g/mol. The van der Waals surface area contributed by atoms with Crippen molar-refractivity contribution < 1.29 is 9.53 Å². The monoisotopic (exact) mass is 425 g/mol. The number of aryl methyl sites for hydroxylation is 1. The lowest BCUT2D eigenvalue weighted by Gasteiger charge is -2.33. The molecule has 1 unspecified atom stereocenters. The SMILES string of the molecule is CCOC(=O)c1ccc(Cn2nnc3sc4c(c3c2=O)CCC(C(C)(C)C)C4)cc1. The van der Waals surface area contributed by atoms with Crippen molar-refractivity contribution in [3.05, 3.63) is 56.2 Å². The van der Waals surface area contributed by atoms with Gasteiger partial charge in [0.05, 0.1) is 24.1 Å². The smallest absolute Gasteiger partial charge is 0.338 e. The number of rotatable bonds is 4. The molecular formula is C23H27N3O3S. The van der Waals surface area contributed by atoms with Crippen molar-refractivity contribution in [1.82, 2.24) is 15.0 Å². The molecule has 0 radical (unpaired) electrons. The van der Waals surface area contributed by atoms with E-state index in [9.17, 15) is 9.59 Å². The number of thiophene rings is 1. The van der Waals surface area contributed by atoms with E-state index in [2.05, 4.69) is 31.1 Å². The highest BCUT2D eigenvalue weighted by Crippen LogP contribution is 2.41. The number of hydrogen-bond acceptors (Lipinski definition) is 6. The minimum absolute atomic E-state index is 0.0822. The lowest BCUT2D eigenvalue weighted by atomic mass is 9.72. The predicted octanol–water partition coefficient (Wildman–Crippen LogP) is 4.23. The van der Waals surface area contributed by atoms with Gasteiger partial charge in [0.2, 0.25) is 0 Å². The molecule has 7 heteroatoms. The minimum Gasteiger partial charge on any atom is -0.462 e. The number of benzene rings is 1. The van der Waals surface area contributed by atoms with Gasteiger partial charge in [-0.05, 0) is 60.8 Å². The Morgan fingerprint density at radius 3 is 2.67 bits per heavy atom. The quantitative estimate of drug-likeness (QED) is 0.585. The van der Waals surface area contributed by atoms with Crippen molar-refractivity contribution >= 4 is 27.5 Å². The number of carbonyl (C=O) groups is 1. The summed E-state index contributed by atoms with van der Waals surface area (Å²) >= 11 is 1.62. The Balaban J connectivity index is 1.62. The van der Waals surface area contributed by atoms with E-state index in [1.807, 2.05) is 12.1 Å². The predicted molar refractivity (Wildman–Crippen MR) is 118 cm³/mol. The molecule has 2 aromatic heterocycles. The van der Waals surface area contributed by atoms with Crippen molar-refractivity contribution in [2.24, 2.45) is 11.3 Å². The second-order valence-electron chi connectivity index (χ2n) is 8.96. The zero-order chi connectivity index (χ0) is 21.5. The zero-order valence-corrected chi connectivity index (χ0v) is 18.7. The Morgan fingerprint density at radius 2 is 2.00 bits per heavy atom. The number of fused-ring (bicyclic) bond motifs is 3. The van der Waals surface area contributed by atoms with Crippen molar-refractivity contribution in [2.75, 3.05) is 6.61 Å². The van der Waals surface area contributed by atoms with E-state index in [4.69, 9.17) is 4.74 Å². The molecule has 1 aliphatic carbocycles. The van der Waals surface area contributed by atoms with Crippen LogP contribution in [0.4, 0.5) is 0 Å². The van der Waals surface area contributed by atoms with Crippen molar-refractivity contribution in [2.45, 2.75) is 53.5 Å². The number of nitrogens with zero attached hydrogens (tertiary/aromatic N) is 3. The first-order chi connectivity index (χ1) is 14.3. The summed E-state index contributed by atoms with van der Waals surface area (Å²) in [6.45, 7) is 9.30. The van der Waals surface area contributed by atoms with Crippen molar-refractivity contribution in [1.29, 1.82) is 0 Å². The summed E-state index contributed by atoms with van der Waals surface area (Å²) in [5.41, 5.74) is 2.73. The van der Waals surface area contributed by atoms with E-state index in [0.717, 1.165) is 35.0 Å². The molecule has 0 fully saturated rings. The Labute approximate surface area is 179 Å². The average molecular weight is 426 g/mol. The summed E-state index contributed by atoms with van der Waals surface area (Å²) in [5, 5.41) is 9.27. The molecule has 158 valence electrons. The first-order valence-corrected chi connectivity index (χ1v) is 11.2. The van der Waals surface area contributed by atoms with Gasteiger partial charge in [-0.3, -0.25) is 4.79 Å². The van der Waals surface area contributed by atoms with Crippen LogP contribution in [0.2, 0.25) is 0 Å². The third-order valence-electron chi connectivity index (χ3n) is 5.96. The van der Waals surface area contributed by atoms with Crippen LogP contribution in [0, 0.1) is 11.3 Å². The Kier molecular flexibility index (Phi) is 5.49. The summed E-state index contributed by atoms with van der Waals surface area (Å²) in [6.07, 6.45) is 3.03. The molecule has 0 saturated carbocycles. The molecule has 0 aliphatic heterocycles. The fraction of sp³-hybridized carbons (Fsp3) is 0.478. The summed E-state index contributed by atoms with van der Waals surface area (Å²) in [6, 6.07) is 7.07. The van der Waals surface area contributed by atoms with Crippen molar-refractivity contribution in [3.8, 4) is 0 Å². The number of aromatic nitrogens is 3. The van der Waals surface area contributed by atoms with Crippen LogP contribution >= 0.6 is 11.3 Å². The third kappa shape index (κ3) is 3.90. The summed E-state index contributed by atoms with van der Waals surface area (Å²) < 4.78 is 6.43. The first kappa shape index (κ1) is 20.7. The number of ether oxygens (including phenoxy) is 1. The molecule has 1 aliphatic rings. The molecule has 4 rings (SSSR count). The highest BCUT2D eigenvalue weighted by molar-refractivity contribution is 7.18. The summed E-state index contributed by atoms with van der Waals surface area (Å²) in [5.74, 6) is 0.270. The van der Waals surface area contributed by atoms with E-state index in [-0.39, 0.29) is 16.9 Å². The maximum absolute atomic E-state index is 13.2. The van der Waals surface area contributed by atoms with Crippen LogP contribution in [-0.2, 0) is 24.1 Å². The fourth-order valence-electron chi connectivity index (χ4n) is 4.10. The zero-order valence-electron chi connectivity index (χ0n) is 17.9. The minimum atomic E-state index is -0.346. The molecule has 30 heavy (non-hydrogen) atoms. The van der Waals surface area contributed by atoms with Crippen LogP contribution in [0.3, 0.4) is 0 Å². The summed E-state index contributed by atoms with van der Waals surface area (Å²) in [7, 11) is 0. The van der Waals surface area contributed by atoms with Gasteiger partial charge in [-0.15, -0.1) is 16.4 Å². The third-order valence-corrected chi connectivity index (χ3v) is 7.10. The Hall–Kier alpha value is -2.54. The molecule has 0 N–H and O–H groups in total. The molecule has 0 spiro atoms. The maximum atomic E-state index is 13.2. The molecule has 0 saturated heterocycles. The molecule has 0 bridgehead atoms. The van der Waals surface area contributed by atoms with Gasteiger partial charge < -0.3 is 4.74 Å². The van der Waals surface area contributed by atoms with Crippen LogP contribution in [-0.4, -0.2) is 27.6 Å². The Bertz CT molecular complexity index is 1140. The maximum Gasteiger partial charge on any atom is 0.338 e. The van der Waals surface area contributed by atoms with Gasteiger partial charge in [0, 0.05) is 4.88 Å². The van der Waals surface area contributed by atoms with E-state index >= 15 is 0 Å². The van der Waals surface area contributed by atoms with E-state index in [1.165, 1.54) is 15.1 Å². The van der Waals surface area contributed by atoms with Crippen LogP contribution in [0.5, 0.6) is 0 Å². The summed E-state index contributed by atoms with van der Waals surface area (Å²) in [4.78, 5) is 27.0. The van der Waals surface area contributed by atoms with Gasteiger partial charge in [-0.1, -0.05) is 38.1 Å². The molecule has 6 nitrogen and oxygen atoms in total. The van der Waals surface area contributed by atoms with E-state index in [0.29, 0.717) is 24.6 Å². The molecule has 2 heterocycles. The topological polar surface area (TPSA) is 74.1 Å². The molecule has 3 aromatic rings. The molecule has 1 aromatic carbocycles. The average Bonchev–Trinajstić information content (AvgIpc) is 3.08. The van der Waals surface area contributed by atoms with Crippen LogP contribution in [0.25, 0.3) is 10.2 Å². The largest absolute Gasteiger partial charge is 0.462 e. The molecule has 0 amide bonds. The Morgan fingerprint density at radius 1 is 1.27 bits per heavy atom. The fourth-order valence-corrected chi connectivity index (χ4v) is 5.34. The van der Waals surface area contributed by atoms with Crippen LogP contribution < -0.4 is 5.56 Å². The standard InChI is InChI=1S/C23H27N3O3S/c1-5-29-22(28)15-8-6-14(7-9-15)13-26-21(27)19-17-11-10-16(23(2,3)4)12-18(17)30-20(19)24-25-26/h6-9,16H,5,10-13H2,1-4H3. The van der Waals surface area contributed by atoms with Gasteiger partial charge in [0.25, 0.3) is 5.56 Å². The number of carbonyl (C=O) groups excluding carboxylic acids is 1. The van der Waals surface area contributed by atoms with Gasteiger partial charge in [0.1, 0.15) is 0 Å². The van der Waals surface area contributed by atoms with E-state index < -0.39 is 0 Å². The second kappa shape index (κ2) is 7.95. The van der Waals surface area contributed by atoms with Gasteiger partial charge in [-0.25, -0.2) is 9.48 Å². The van der Waals surface area contributed by atoms with Crippen LogP contribution in [0.15, 0.2) is 29.1 Å². The van der Waals surface area contributed by atoms with Gasteiger partial charge in [-0.2, -0.15) is 0 Å². The lowest BCUT2D eigenvalue weighted by molar-refractivity contribution is 0.0526.